The predicted octanol–water partition coefficient (Wildman–Crippen LogP) is 4.17. The van der Waals surface area contributed by atoms with Crippen molar-refractivity contribution in [3.63, 3.8) is 0 Å². The Balaban J connectivity index is 1.69. The van der Waals surface area contributed by atoms with Crippen LogP contribution in [0.4, 0.5) is 5.13 Å². The lowest BCUT2D eigenvalue weighted by molar-refractivity contribution is -0.118. The fraction of sp³-hybridized carbons (Fsp3) is 0.421. The number of aromatic nitrogens is 1. The molecule has 2 N–H and O–H groups in total. The van der Waals surface area contributed by atoms with Gasteiger partial charge < -0.3 is 10.6 Å². The monoisotopic (exact) mass is 423 g/mol. The third-order valence-corrected chi connectivity index (χ3v) is 6.47. The summed E-state index contributed by atoms with van der Waals surface area (Å²) in [5.41, 5.74) is 1.47. The molecule has 1 aliphatic rings. The Morgan fingerprint density at radius 1 is 1.30 bits per heavy atom. The van der Waals surface area contributed by atoms with Crippen molar-refractivity contribution in [3.05, 3.63) is 45.4 Å². The molecule has 1 aromatic heterocycles. The maximum atomic E-state index is 12.8. The van der Waals surface area contributed by atoms with Crippen molar-refractivity contribution in [1.29, 1.82) is 0 Å². The number of hydrogen-bond donors (Lipinski definition) is 2. The minimum Gasteiger partial charge on any atom is -0.340 e. The molecule has 0 saturated carbocycles. The molecule has 5 nitrogen and oxygen atoms in total. The van der Waals surface area contributed by atoms with Gasteiger partial charge in [0.05, 0.1) is 16.3 Å². The lowest BCUT2D eigenvalue weighted by Crippen LogP contribution is -2.44. The summed E-state index contributed by atoms with van der Waals surface area (Å²) < 4.78 is 0. The number of anilines is 1. The van der Waals surface area contributed by atoms with Crippen molar-refractivity contribution in [3.8, 4) is 0 Å². The van der Waals surface area contributed by atoms with Gasteiger partial charge in [0.15, 0.2) is 5.13 Å². The molecule has 0 fully saturated rings. The molecule has 1 aromatic carbocycles. The van der Waals surface area contributed by atoms with Crippen molar-refractivity contribution in [2.24, 2.45) is 0 Å². The summed E-state index contributed by atoms with van der Waals surface area (Å²) in [5.74, 6) is 0.172. The number of aryl methyl sites for hydroxylation is 2. The largest absolute Gasteiger partial charge is 0.340 e. The predicted molar refractivity (Wildman–Crippen MR) is 113 cm³/mol. The summed E-state index contributed by atoms with van der Waals surface area (Å²) in [4.78, 5) is 31.2. The molecule has 2 aromatic rings. The minimum absolute atomic E-state index is 0.240. The Bertz CT molecular complexity index is 802. The molecule has 3 rings (SSSR count). The zero-order valence-electron chi connectivity index (χ0n) is 15.1. The summed E-state index contributed by atoms with van der Waals surface area (Å²) in [7, 11) is 0. The van der Waals surface area contributed by atoms with E-state index in [9.17, 15) is 9.59 Å². The topological polar surface area (TPSA) is 71.1 Å². The number of thiazole rings is 1. The van der Waals surface area contributed by atoms with Crippen molar-refractivity contribution >= 4 is 51.6 Å². The van der Waals surface area contributed by atoms with Crippen LogP contribution in [0.3, 0.4) is 0 Å². The number of benzene rings is 1. The molecule has 1 aliphatic carbocycles. The average molecular weight is 424 g/mol. The Kier molecular flexibility index (Phi) is 7.15. The molecule has 0 spiro atoms. The Morgan fingerprint density at radius 2 is 2.07 bits per heavy atom. The van der Waals surface area contributed by atoms with E-state index >= 15 is 0 Å². The van der Waals surface area contributed by atoms with Gasteiger partial charge in [-0.2, -0.15) is 11.8 Å². The number of thioether (sulfide) groups is 1. The smallest absolute Gasteiger partial charge is 0.253 e. The molecule has 144 valence electrons. The summed E-state index contributed by atoms with van der Waals surface area (Å²) in [5, 5.41) is 6.70. The molecule has 1 atom stereocenters. The fourth-order valence-corrected chi connectivity index (χ4v) is 4.73. The van der Waals surface area contributed by atoms with Crippen LogP contribution in [0.15, 0.2) is 24.3 Å². The Morgan fingerprint density at radius 3 is 2.81 bits per heavy atom. The second-order valence-corrected chi connectivity index (χ2v) is 8.85. The highest BCUT2D eigenvalue weighted by molar-refractivity contribution is 7.98. The van der Waals surface area contributed by atoms with Gasteiger partial charge in [0, 0.05) is 4.88 Å². The highest BCUT2D eigenvalue weighted by Crippen LogP contribution is 2.29. The van der Waals surface area contributed by atoms with Crippen molar-refractivity contribution < 1.29 is 9.59 Å². The Hall–Kier alpha value is -1.57. The highest BCUT2D eigenvalue weighted by Gasteiger charge is 2.24. The number of rotatable bonds is 7. The SMILES string of the molecule is CSCCC(NC(=O)c1ccccc1Cl)C(=O)Nc1nc2c(s1)CCCC2. The van der Waals surface area contributed by atoms with E-state index in [1.54, 1.807) is 47.4 Å². The average Bonchev–Trinajstić information content (AvgIpc) is 3.07. The van der Waals surface area contributed by atoms with Gasteiger partial charge >= 0.3 is 0 Å². The lowest BCUT2D eigenvalue weighted by atomic mass is 10.0. The fourth-order valence-electron chi connectivity index (χ4n) is 2.98. The number of nitrogens with zero attached hydrogens (tertiary/aromatic N) is 1. The number of halogens is 1. The number of fused-ring (bicyclic) bond motifs is 1. The number of nitrogens with one attached hydrogen (secondary N) is 2. The van der Waals surface area contributed by atoms with E-state index in [2.05, 4.69) is 15.6 Å². The second kappa shape index (κ2) is 9.57. The first-order chi connectivity index (χ1) is 13.1. The molecule has 8 heteroatoms. The first-order valence-electron chi connectivity index (χ1n) is 8.92. The maximum absolute atomic E-state index is 12.8. The van der Waals surface area contributed by atoms with Gasteiger partial charge in [-0.1, -0.05) is 23.7 Å². The molecule has 0 radical (unpaired) electrons. The lowest BCUT2D eigenvalue weighted by Gasteiger charge is -2.17. The zero-order valence-corrected chi connectivity index (χ0v) is 17.5. The van der Waals surface area contributed by atoms with Crippen LogP contribution in [0, 0.1) is 0 Å². The molecule has 1 heterocycles. The van der Waals surface area contributed by atoms with Crippen molar-refractivity contribution in [1.82, 2.24) is 10.3 Å². The minimum atomic E-state index is -0.637. The van der Waals surface area contributed by atoms with Crippen LogP contribution >= 0.6 is 34.7 Å². The summed E-state index contributed by atoms with van der Waals surface area (Å²) >= 11 is 9.27. The van der Waals surface area contributed by atoms with Gasteiger partial charge in [0.2, 0.25) is 5.91 Å². The van der Waals surface area contributed by atoms with Gasteiger partial charge in [0.1, 0.15) is 6.04 Å². The molecular formula is C19H22ClN3O2S2. The molecule has 27 heavy (non-hydrogen) atoms. The quantitative estimate of drug-likeness (QED) is 0.701. The third kappa shape index (κ3) is 5.24. The standard InChI is InChI=1S/C19H22ClN3O2S2/c1-26-11-10-15(21-17(24)12-6-2-3-7-13(12)20)18(25)23-19-22-14-8-4-5-9-16(14)27-19/h2-3,6-7,15H,4-5,8-11H2,1H3,(H,21,24)(H,22,23,25). The first-order valence-corrected chi connectivity index (χ1v) is 11.5. The van der Waals surface area contributed by atoms with Crippen molar-refractivity contribution in [2.45, 2.75) is 38.1 Å². The number of carbonyl (C=O) groups excluding carboxylic acids is 2. The van der Waals surface area contributed by atoms with Gasteiger partial charge in [-0.3, -0.25) is 9.59 Å². The molecule has 0 bridgehead atoms. The summed E-state index contributed by atoms with van der Waals surface area (Å²) in [6.07, 6.45) is 6.83. The zero-order chi connectivity index (χ0) is 19.2. The number of carbonyl (C=O) groups is 2. The van der Waals surface area contributed by atoms with Crippen LogP contribution in [0.5, 0.6) is 0 Å². The van der Waals surface area contributed by atoms with E-state index in [1.807, 2.05) is 6.26 Å². The van der Waals surface area contributed by atoms with Gasteiger partial charge in [-0.15, -0.1) is 11.3 Å². The van der Waals surface area contributed by atoms with E-state index in [0.29, 0.717) is 22.1 Å². The van der Waals surface area contributed by atoms with Crippen LogP contribution in [-0.2, 0) is 17.6 Å². The van der Waals surface area contributed by atoms with Crippen LogP contribution in [-0.4, -0.2) is 34.8 Å². The van der Waals surface area contributed by atoms with Gasteiger partial charge in [-0.05, 0) is 56.2 Å². The van der Waals surface area contributed by atoms with Crippen LogP contribution in [0.2, 0.25) is 5.02 Å². The van der Waals surface area contributed by atoms with E-state index in [4.69, 9.17) is 11.6 Å². The van der Waals surface area contributed by atoms with Gasteiger partial charge in [-0.25, -0.2) is 4.98 Å². The van der Waals surface area contributed by atoms with E-state index in [0.717, 1.165) is 30.7 Å². The third-order valence-electron chi connectivity index (χ3n) is 4.43. The Labute approximate surface area is 172 Å². The van der Waals surface area contributed by atoms with Gasteiger partial charge in [0.25, 0.3) is 5.91 Å². The highest BCUT2D eigenvalue weighted by atomic mass is 35.5. The van der Waals surface area contributed by atoms with E-state index < -0.39 is 6.04 Å². The normalized spacial score (nSPS) is 14.3. The first kappa shape index (κ1) is 20.2. The van der Waals surface area contributed by atoms with Crippen LogP contribution in [0.25, 0.3) is 0 Å². The van der Waals surface area contributed by atoms with E-state index in [1.165, 1.54) is 11.3 Å². The number of amides is 2. The van der Waals surface area contributed by atoms with Crippen molar-refractivity contribution in [2.75, 3.05) is 17.3 Å². The molecule has 0 saturated heterocycles. The molecular weight excluding hydrogens is 402 g/mol. The summed E-state index contributed by atoms with van der Waals surface area (Å²) in [6, 6.07) is 6.19. The molecule has 2 amide bonds. The van der Waals surface area contributed by atoms with Crippen LogP contribution in [0.1, 0.15) is 40.2 Å². The summed E-state index contributed by atoms with van der Waals surface area (Å²) in [6.45, 7) is 0. The molecule has 0 aliphatic heterocycles. The second-order valence-electron chi connectivity index (χ2n) is 6.37. The van der Waals surface area contributed by atoms with E-state index in [-0.39, 0.29) is 11.8 Å². The van der Waals surface area contributed by atoms with Crippen LogP contribution < -0.4 is 10.6 Å². The maximum Gasteiger partial charge on any atom is 0.253 e. The number of hydrogen-bond acceptors (Lipinski definition) is 5. The molecule has 1 unspecified atom stereocenters.